The highest BCUT2D eigenvalue weighted by atomic mass is 79.9. The number of carboxylic acid groups (broad SMARTS) is 1. The fourth-order valence-corrected chi connectivity index (χ4v) is 3.22. The number of hydrogen-bond donors (Lipinski definition) is 2. The number of carbonyl (C=O) groups excluding carboxylic acids is 1. The van der Waals surface area contributed by atoms with Gasteiger partial charge in [-0.15, -0.1) is 0 Å². The maximum absolute atomic E-state index is 12.3. The fraction of sp³-hybridized carbons (Fsp3) is 0.316. The number of rotatable bonds is 4. The molecule has 2 heterocycles. The van der Waals surface area contributed by atoms with Gasteiger partial charge in [-0.2, -0.15) is 0 Å². The van der Waals surface area contributed by atoms with E-state index in [0.717, 1.165) is 30.4 Å². The molecule has 0 radical (unpaired) electrons. The monoisotopic (exact) mass is 417 g/mol. The van der Waals surface area contributed by atoms with Gasteiger partial charge >= 0.3 is 5.97 Å². The number of aromatic nitrogens is 1. The Hall–Kier alpha value is -2.41. The quantitative estimate of drug-likeness (QED) is 0.784. The Bertz CT molecular complexity index is 815. The zero-order valence-electron chi connectivity index (χ0n) is 14.4. The normalized spacial score (nSPS) is 14.9. The van der Waals surface area contributed by atoms with Gasteiger partial charge in [0.05, 0.1) is 11.9 Å². The molecule has 3 rings (SSSR count). The summed E-state index contributed by atoms with van der Waals surface area (Å²) in [5.41, 5.74) is 0.955. The largest absolute Gasteiger partial charge is 0.478 e. The standard InChI is InChI=1S/C19H20BrN3O3/c1-12-6-8-23(9-7-12)17-16(19(25)26)10-15(11-21-17)22-18(24)13-2-4-14(20)5-3-13/h2-5,10-12H,6-9H2,1H3,(H,22,24)(H,25,26). The minimum atomic E-state index is -1.05. The van der Waals surface area contributed by atoms with E-state index < -0.39 is 5.97 Å². The molecule has 0 saturated carbocycles. The van der Waals surface area contributed by atoms with Crippen LogP contribution in [0.1, 0.15) is 40.5 Å². The molecule has 0 atom stereocenters. The Kier molecular flexibility index (Phi) is 5.56. The number of hydrogen-bond acceptors (Lipinski definition) is 4. The Balaban J connectivity index is 1.81. The zero-order chi connectivity index (χ0) is 18.7. The average Bonchev–Trinajstić information content (AvgIpc) is 2.63. The van der Waals surface area contributed by atoms with Crippen molar-refractivity contribution in [3.05, 3.63) is 52.1 Å². The number of aromatic carboxylic acids is 1. The first-order valence-electron chi connectivity index (χ1n) is 8.49. The number of amides is 1. The lowest BCUT2D eigenvalue weighted by molar-refractivity contribution is 0.0696. The molecule has 1 aliphatic rings. The summed E-state index contributed by atoms with van der Waals surface area (Å²) in [4.78, 5) is 30.3. The van der Waals surface area contributed by atoms with Crippen LogP contribution >= 0.6 is 15.9 Å². The van der Waals surface area contributed by atoms with Gasteiger partial charge in [-0.05, 0) is 49.1 Å². The second kappa shape index (κ2) is 7.86. The first kappa shape index (κ1) is 18.4. The Morgan fingerprint density at radius 2 is 1.88 bits per heavy atom. The third-order valence-corrected chi connectivity index (χ3v) is 5.07. The van der Waals surface area contributed by atoms with Crippen molar-refractivity contribution in [1.29, 1.82) is 0 Å². The van der Waals surface area contributed by atoms with Crippen molar-refractivity contribution in [3.8, 4) is 0 Å². The van der Waals surface area contributed by atoms with Gasteiger partial charge in [-0.3, -0.25) is 4.79 Å². The minimum Gasteiger partial charge on any atom is -0.478 e. The van der Waals surface area contributed by atoms with Gasteiger partial charge in [0.1, 0.15) is 11.4 Å². The second-order valence-electron chi connectivity index (χ2n) is 6.53. The number of carbonyl (C=O) groups is 2. The predicted molar refractivity (Wildman–Crippen MR) is 104 cm³/mol. The van der Waals surface area contributed by atoms with Crippen molar-refractivity contribution in [1.82, 2.24) is 4.98 Å². The van der Waals surface area contributed by atoms with Gasteiger partial charge in [0.2, 0.25) is 0 Å². The SMILES string of the molecule is CC1CCN(c2ncc(NC(=O)c3ccc(Br)cc3)cc2C(=O)O)CC1. The number of anilines is 2. The van der Waals surface area contributed by atoms with E-state index in [-0.39, 0.29) is 11.5 Å². The number of halogens is 1. The molecule has 0 aliphatic carbocycles. The first-order chi connectivity index (χ1) is 12.4. The lowest BCUT2D eigenvalue weighted by Gasteiger charge is -2.32. The van der Waals surface area contributed by atoms with Crippen LogP contribution in [0.4, 0.5) is 11.5 Å². The van der Waals surface area contributed by atoms with E-state index in [2.05, 4.69) is 33.2 Å². The third kappa shape index (κ3) is 4.22. The van der Waals surface area contributed by atoms with Crippen molar-refractivity contribution < 1.29 is 14.7 Å². The summed E-state index contributed by atoms with van der Waals surface area (Å²) in [7, 11) is 0. The highest BCUT2D eigenvalue weighted by Gasteiger charge is 2.23. The Morgan fingerprint density at radius 3 is 2.50 bits per heavy atom. The van der Waals surface area contributed by atoms with Crippen LogP contribution in [0.3, 0.4) is 0 Å². The number of nitrogens with zero attached hydrogens (tertiary/aromatic N) is 2. The van der Waals surface area contributed by atoms with Crippen LogP contribution < -0.4 is 10.2 Å². The molecule has 1 saturated heterocycles. The minimum absolute atomic E-state index is 0.105. The molecule has 1 aromatic heterocycles. The molecule has 2 N–H and O–H groups in total. The van der Waals surface area contributed by atoms with Gasteiger partial charge in [-0.25, -0.2) is 9.78 Å². The summed E-state index contributed by atoms with van der Waals surface area (Å²) in [6.45, 7) is 3.78. The van der Waals surface area contributed by atoms with Gasteiger partial charge in [-0.1, -0.05) is 22.9 Å². The lowest BCUT2D eigenvalue weighted by Crippen LogP contribution is -2.34. The van der Waals surface area contributed by atoms with E-state index in [1.807, 2.05) is 4.90 Å². The summed E-state index contributed by atoms with van der Waals surface area (Å²) in [6.07, 6.45) is 3.54. The van der Waals surface area contributed by atoms with E-state index in [0.29, 0.717) is 23.0 Å². The van der Waals surface area contributed by atoms with Crippen molar-refractivity contribution in [2.45, 2.75) is 19.8 Å². The van der Waals surface area contributed by atoms with E-state index in [1.54, 1.807) is 24.3 Å². The van der Waals surface area contributed by atoms with Crippen LogP contribution in [0.15, 0.2) is 41.0 Å². The predicted octanol–water partition coefficient (Wildman–Crippen LogP) is 4.03. The first-order valence-corrected chi connectivity index (χ1v) is 9.28. The summed E-state index contributed by atoms with van der Waals surface area (Å²) >= 11 is 3.32. The van der Waals surface area contributed by atoms with Gasteiger partial charge < -0.3 is 15.3 Å². The lowest BCUT2D eigenvalue weighted by atomic mass is 9.99. The molecule has 0 unspecified atom stereocenters. The van der Waals surface area contributed by atoms with Crippen molar-refractivity contribution in [2.75, 3.05) is 23.3 Å². The molecular weight excluding hydrogens is 398 g/mol. The van der Waals surface area contributed by atoms with Crippen LogP contribution in [0.5, 0.6) is 0 Å². The van der Waals surface area contributed by atoms with Crippen LogP contribution in [0, 0.1) is 5.92 Å². The molecule has 1 aromatic carbocycles. The molecule has 0 spiro atoms. The van der Waals surface area contributed by atoms with Crippen molar-refractivity contribution in [3.63, 3.8) is 0 Å². The zero-order valence-corrected chi connectivity index (χ0v) is 16.0. The molecule has 0 bridgehead atoms. The molecule has 26 heavy (non-hydrogen) atoms. The third-order valence-electron chi connectivity index (χ3n) is 4.54. The van der Waals surface area contributed by atoms with Crippen LogP contribution in [0.2, 0.25) is 0 Å². The van der Waals surface area contributed by atoms with E-state index in [4.69, 9.17) is 0 Å². The molecule has 6 nitrogen and oxygen atoms in total. The Labute approximate surface area is 160 Å². The van der Waals surface area contributed by atoms with Gasteiger partial charge in [0.25, 0.3) is 5.91 Å². The van der Waals surface area contributed by atoms with Crippen molar-refractivity contribution >= 4 is 39.3 Å². The van der Waals surface area contributed by atoms with Crippen molar-refractivity contribution in [2.24, 2.45) is 5.92 Å². The van der Waals surface area contributed by atoms with E-state index in [1.165, 1.54) is 12.3 Å². The molecule has 1 aliphatic heterocycles. The summed E-state index contributed by atoms with van der Waals surface area (Å²) in [5.74, 6) is -0.254. The number of benzene rings is 1. The van der Waals surface area contributed by atoms with Gasteiger partial charge in [0.15, 0.2) is 0 Å². The topological polar surface area (TPSA) is 82.5 Å². The highest BCUT2D eigenvalue weighted by molar-refractivity contribution is 9.10. The maximum atomic E-state index is 12.3. The smallest absolute Gasteiger partial charge is 0.339 e. The van der Waals surface area contributed by atoms with Crippen LogP contribution in [-0.2, 0) is 0 Å². The molecule has 2 aromatic rings. The number of carboxylic acids is 1. The van der Waals surface area contributed by atoms with E-state index in [9.17, 15) is 14.7 Å². The molecule has 1 amide bonds. The summed E-state index contributed by atoms with van der Waals surface area (Å²) < 4.78 is 0.879. The summed E-state index contributed by atoms with van der Waals surface area (Å²) in [5, 5.41) is 12.3. The summed E-state index contributed by atoms with van der Waals surface area (Å²) in [6, 6.07) is 8.40. The average molecular weight is 418 g/mol. The number of piperidine rings is 1. The van der Waals surface area contributed by atoms with Gasteiger partial charge in [0, 0.05) is 23.1 Å². The second-order valence-corrected chi connectivity index (χ2v) is 7.45. The highest BCUT2D eigenvalue weighted by Crippen LogP contribution is 2.26. The fourth-order valence-electron chi connectivity index (χ4n) is 2.96. The molecule has 136 valence electrons. The van der Waals surface area contributed by atoms with E-state index >= 15 is 0 Å². The van der Waals surface area contributed by atoms with Crippen LogP contribution in [0.25, 0.3) is 0 Å². The molecular formula is C19H20BrN3O3. The maximum Gasteiger partial charge on any atom is 0.339 e. The molecule has 1 fully saturated rings. The number of pyridine rings is 1. The molecule has 7 heteroatoms. The number of nitrogens with one attached hydrogen (secondary N) is 1. The Morgan fingerprint density at radius 1 is 1.23 bits per heavy atom. The van der Waals surface area contributed by atoms with Crippen LogP contribution in [-0.4, -0.2) is 35.1 Å².